The first-order valence-corrected chi connectivity index (χ1v) is 12.2. The molecule has 0 unspecified atom stereocenters. The summed E-state index contributed by atoms with van der Waals surface area (Å²) in [6.45, 7) is 2.44. The Balaban J connectivity index is 1.32. The molecule has 2 fully saturated rings. The van der Waals surface area contributed by atoms with Crippen LogP contribution in [0, 0.1) is 11.8 Å². The number of hydrogen-bond donors (Lipinski definition) is 2. The third kappa shape index (κ3) is 5.22. The van der Waals surface area contributed by atoms with Crippen molar-refractivity contribution in [3.63, 3.8) is 0 Å². The molecular weight excluding hydrogens is 436 g/mol. The van der Waals surface area contributed by atoms with Gasteiger partial charge in [0.25, 0.3) is 0 Å². The lowest BCUT2D eigenvalue weighted by atomic mass is 9.74. The summed E-state index contributed by atoms with van der Waals surface area (Å²) in [5, 5.41) is 13.2. The SMILES string of the molecule is O=C(Nc1ccccc1)N1CCCCN2[C@H](CO)[C@H](c3ccc(C#Cc4cccnc4)cc3)[C@@H]2C1. The van der Waals surface area contributed by atoms with E-state index in [-0.39, 0.29) is 30.6 Å². The molecule has 178 valence electrons. The molecule has 2 aromatic carbocycles. The topological polar surface area (TPSA) is 68.7 Å². The van der Waals surface area contributed by atoms with Crippen molar-refractivity contribution in [2.75, 3.05) is 31.6 Å². The van der Waals surface area contributed by atoms with Gasteiger partial charge in [0.15, 0.2) is 0 Å². The number of para-hydroxylation sites is 1. The molecule has 2 saturated heterocycles. The highest BCUT2D eigenvalue weighted by molar-refractivity contribution is 5.89. The predicted molar refractivity (Wildman–Crippen MR) is 137 cm³/mol. The number of benzene rings is 2. The standard InChI is InChI=1S/C29H30N4O2/c34-21-27-28(24-14-12-22(13-15-24)10-11-23-7-6-16-30-19-23)26-20-32(17-4-5-18-33(26)27)29(35)31-25-8-2-1-3-9-25/h1-3,6-9,12-16,19,26-28,34H,4-5,17-18,20-21H2,(H,31,35)/t26-,27+,28+/m0/s1. The van der Waals surface area contributed by atoms with E-state index >= 15 is 0 Å². The quantitative estimate of drug-likeness (QED) is 0.574. The number of aliphatic hydroxyl groups is 1. The molecule has 2 amide bonds. The van der Waals surface area contributed by atoms with Crippen molar-refractivity contribution in [2.24, 2.45) is 0 Å². The summed E-state index contributed by atoms with van der Waals surface area (Å²) in [4.78, 5) is 21.5. The third-order valence-electron chi connectivity index (χ3n) is 6.99. The van der Waals surface area contributed by atoms with Gasteiger partial charge in [0.1, 0.15) is 0 Å². The number of aromatic nitrogens is 1. The molecular formula is C29H30N4O2. The fraction of sp³-hybridized carbons (Fsp3) is 0.310. The average molecular weight is 467 g/mol. The van der Waals surface area contributed by atoms with Crippen molar-refractivity contribution >= 4 is 11.7 Å². The van der Waals surface area contributed by atoms with Crippen LogP contribution in [-0.2, 0) is 0 Å². The van der Waals surface area contributed by atoms with E-state index in [1.54, 1.807) is 12.4 Å². The van der Waals surface area contributed by atoms with E-state index in [2.05, 4.69) is 39.2 Å². The lowest BCUT2D eigenvalue weighted by Crippen LogP contribution is -2.68. The zero-order valence-electron chi connectivity index (χ0n) is 19.7. The van der Waals surface area contributed by atoms with Crippen LogP contribution in [0.15, 0.2) is 79.1 Å². The number of anilines is 1. The first-order valence-electron chi connectivity index (χ1n) is 12.2. The largest absolute Gasteiger partial charge is 0.395 e. The summed E-state index contributed by atoms with van der Waals surface area (Å²) in [5.74, 6) is 6.51. The van der Waals surface area contributed by atoms with Crippen molar-refractivity contribution in [2.45, 2.75) is 30.8 Å². The second-order valence-corrected chi connectivity index (χ2v) is 9.14. The van der Waals surface area contributed by atoms with Gasteiger partial charge in [-0.25, -0.2) is 4.79 Å². The minimum atomic E-state index is -0.0646. The maximum atomic E-state index is 13.1. The van der Waals surface area contributed by atoms with Crippen molar-refractivity contribution in [3.05, 3.63) is 95.8 Å². The van der Waals surface area contributed by atoms with Gasteiger partial charge in [-0.3, -0.25) is 9.88 Å². The van der Waals surface area contributed by atoms with Gasteiger partial charge in [-0.1, -0.05) is 42.2 Å². The monoisotopic (exact) mass is 466 g/mol. The number of carbonyl (C=O) groups excluding carboxylic acids is 1. The third-order valence-corrected chi connectivity index (χ3v) is 6.99. The maximum Gasteiger partial charge on any atom is 0.321 e. The van der Waals surface area contributed by atoms with Gasteiger partial charge in [0.2, 0.25) is 0 Å². The van der Waals surface area contributed by atoms with E-state index in [9.17, 15) is 9.90 Å². The second kappa shape index (κ2) is 10.7. The van der Waals surface area contributed by atoms with Crippen LogP contribution in [0.2, 0.25) is 0 Å². The van der Waals surface area contributed by atoms with Crippen LogP contribution in [-0.4, -0.2) is 64.2 Å². The van der Waals surface area contributed by atoms with Crippen molar-refractivity contribution in [1.82, 2.24) is 14.8 Å². The number of pyridine rings is 1. The molecule has 35 heavy (non-hydrogen) atoms. The molecule has 2 N–H and O–H groups in total. The Kier molecular flexibility index (Phi) is 7.08. The molecule has 0 radical (unpaired) electrons. The summed E-state index contributed by atoms with van der Waals surface area (Å²) in [6.07, 6.45) is 5.46. The summed E-state index contributed by atoms with van der Waals surface area (Å²) in [6, 6.07) is 21.9. The van der Waals surface area contributed by atoms with Gasteiger partial charge in [-0.2, -0.15) is 0 Å². The number of hydrogen-bond acceptors (Lipinski definition) is 4. The molecule has 0 bridgehead atoms. The second-order valence-electron chi connectivity index (χ2n) is 9.14. The van der Waals surface area contributed by atoms with Gasteiger partial charge >= 0.3 is 6.03 Å². The normalized spacial score (nSPS) is 22.0. The molecule has 3 aromatic rings. The van der Waals surface area contributed by atoms with Gasteiger partial charge in [0.05, 0.1) is 6.61 Å². The minimum Gasteiger partial charge on any atom is -0.395 e. The molecule has 2 aliphatic rings. The number of amides is 2. The molecule has 0 saturated carbocycles. The van der Waals surface area contributed by atoms with E-state index < -0.39 is 0 Å². The maximum absolute atomic E-state index is 13.1. The molecule has 6 nitrogen and oxygen atoms in total. The van der Waals surface area contributed by atoms with Crippen LogP contribution in [0.5, 0.6) is 0 Å². The highest BCUT2D eigenvalue weighted by Crippen LogP contribution is 2.42. The molecule has 6 heteroatoms. The summed E-state index contributed by atoms with van der Waals surface area (Å²) >= 11 is 0. The highest BCUT2D eigenvalue weighted by atomic mass is 16.3. The molecule has 0 aliphatic carbocycles. The Morgan fingerprint density at radius 1 is 0.971 bits per heavy atom. The fourth-order valence-electron chi connectivity index (χ4n) is 5.22. The lowest BCUT2D eigenvalue weighted by Gasteiger charge is -2.57. The van der Waals surface area contributed by atoms with Crippen LogP contribution in [0.25, 0.3) is 0 Å². The fourth-order valence-corrected chi connectivity index (χ4v) is 5.22. The zero-order chi connectivity index (χ0) is 24.0. The predicted octanol–water partition coefficient (Wildman–Crippen LogP) is 3.94. The molecule has 0 spiro atoms. The molecule has 2 aliphatic heterocycles. The number of aliphatic hydroxyl groups excluding tert-OH is 1. The van der Waals surface area contributed by atoms with E-state index in [1.165, 1.54) is 5.56 Å². The Morgan fingerprint density at radius 3 is 2.49 bits per heavy atom. The minimum absolute atomic E-state index is 0.0646. The van der Waals surface area contributed by atoms with Crippen molar-refractivity contribution in [3.8, 4) is 11.8 Å². The van der Waals surface area contributed by atoms with Crippen molar-refractivity contribution < 1.29 is 9.90 Å². The first kappa shape index (κ1) is 23.1. The van der Waals surface area contributed by atoms with E-state index in [4.69, 9.17) is 0 Å². The number of carbonyl (C=O) groups is 1. The number of rotatable bonds is 3. The Hall–Kier alpha value is -3.66. The van der Waals surface area contributed by atoms with Crippen LogP contribution >= 0.6 is 0 Å². The lowest BCUT2D eigenvalue weighted by molar-refractivity contribution is -0.0585. The average Bonchev–Trinajstić information content (AvgIpc) is 2.88. The van der Waals surface area contributed by atoms with E-state index in [0.29, 0.717) is 6.54 Å². The van der Waals surface area contributed by atoms with Gasteiger partial charge in [0, 0.05) is 60.3 Å². The molecule has 5 rings (SSSR count). The molecule has 3 heterocycles. The van der Waals surface area contributed by atoms with E-state index in [1.807, 2.05) is 59.5 Å². The zero-order valence-corrected chi connectivity index (χ0v) is 19.7. The van der Waals surface area contributed by atoms with Crippen LogP contribution in [0.1, 0.15) is 35.4 Å². The summed E-state index contributed by atoms with van der Waals surface area (Å²) < 4.78 is 0. The molecule has 3 atom stereocenters. The van der Waals surface area contributed by atoms with E-state index in [0.717, 1.165) is 42.7 Å². The highest BCUT2D eigenvalue weighted by Gasteiger charge is 2.49. The number of urea groups is 1. The number of nitrogens with zero attached hydrogens (tertiary/aromatic N) is 3. The summed E-state index contributed by atoms with van der Waals surface area (Å²) in [5.41, 5.74) is 3.81. The Labute approximate surface area is 206 Å². The van der Waals surface area contributed by atoms with Crippen LogP contribution in [0.4, 0.5) is 10.5 Å². The summed E-state index contributed by atoms with van der Waals surface area (Å²) in [7, 11) is 0. The van der Waals surface area contributed by atoms with Crippen LogP contribution < -0.4 is 5.32 Å². The number of nitrogens with one attached hydrogen (secondary N) is 1. The Morgan fingerprint density at radius 2 is 1.74 bits per heavy atom. The van der Waals surface area contributed by atoms with Crippen molar-refractivity contribution in [1.29, 1.82) is 0 Å². The van der Waals surface area contributed by atoms with Gasteiger partial charge < -0.3 is 15.3 Å². The van der Waals surface area contributed by atoms with Gasteiger partial charge in [-0.05, 0) is 61.3 Å². The molecule has 1 aromatic heterocycles. The number of fused-ring (bicyclic) bond motifs is 1. The van der Waals surface area contributed by atoms with Crippen LogP contribution in [0.3, 0.4) is 0 Å². The first-order chi connectivity index (χ1) is 17.2. The van der Waals surface area contributed by atoms with Gasteiger partial charge in [-0.15, -0.1) is 0 Å². The Bertz CT molecular complexity index is 1190. The smallest absolute Gasteiger partial charge is 0.321 e.